The molecule has 0 radical (unpaired) electrons. The zero-order valence-corrected chi connectivity index (χ0v) is 12.0. The molecule has 0 bridgehead atoms. The number of piperidine rings is 1. The van der Waals surface area contributed by atoms with Gasteiger partial charge >= 0.3 is 0 Å². The monoisotopic (exact) mass is 289 g/mol. The highest BCUT2D eigenvalue weighted by atomic mass is 32.2. The highest BCUT2D eigenvalue weighted by Crippen LogP contribution is 2.13. The lowest BCUT2D eigenvalue weighted by Crippen LogP contribution is -2.42. The van der Waals surface area contributed by atoms with Crippen molar-refractivity contribution in [2.75, 3.05) is 38.5 Å². The molecule has 0 aliphatic carbocycles. The van der Waals surface area contributed by atoms with E-state index in [2.05, 4.69) is 10.6 Å². The molecule has 2 N–H and O–H groups in total. The van der Waals surface area contributed by atoms with E-state index in [4.69, 9.17) is 0 Å². The number of hydrogen-bond acceptors (Lipinski definition) is 4. The molecule has 2 aliphatic rings. The zero-order valence-electron chi connectivity index (χ0n) is 11.2. The molecule has 6 nitrogen and oxygen atoms in total. The SMILES string of the molecule is O=C(NCCS(=O)(=O)N1CCCC1)C1CCCNC1. The van der Waals surface area contributed by atoms with Gasteiger partial charge in [0.15, 0.2) is 0 Å². The second kappa shape index (κ2) is 6.67. The first-order chi connectivity index (χ1) is 9.09. The van der Waals surface area contributed by atoms with Crippen LogP contribution < -0.4 is 10.6 Å². The molecule has 2 aliphatic heterocycles. The normalized spacial score (nSPS) is 25.4. The van der Waals surface area contributed by atoms with Crippen LogP contribution in [0.25, 0.3) is 0 Å². The van der Waals surface area contributed by atoms with E-state index in [0.29, 0.717) is 19.6 Å². The van der Waals surface area contributed by atoms with E-state index in [1.54, 1.807) is 0 Å². The second-order valence-corrected chi connectivity index (χ2v) is 7.34. The van der Waals surface area contributed by atoms with Gasteiger partial charge in [0.1, 0.15) is 0 Å². The predicted molar refractivity (Wildman–Crippen MR) is 73.2 cm³/mol. The van der Waals surface area contributed by atoms with E-state index in [-0.39, 0.29) is 24.1 Å². The Balaban J connectivity index is 1.71. The van der Waals surface area contributed by atoms with Crippen LogP contribution in [0.1, 0.15) is 25.7 Å². The fourth-order valence-electron chi connectivity index (χ4n) is 2.62. The molecule has 0 spiro atoms. The number of rotatable bonds is 5. The molecule has 19 heavy (non-hydrogen) atoms. The van der Waals surface area contributed by atoms with Crippen LogP contribution >= 0.6 is 0 Å². The van der Waals surface area contributed by atoms with E-state index < -0.39 is 10.0 Å². The summed E-state index contributed by atoms with van der Waals surface area (Å²) in [5.74, 6) is -0.0223. The Morgan fingerprint density at radius 1 is 1.26 bits per heavy atom. The Bertz CT molecular complexity index is 398. The average molecular weight is 289 g/mol. The molecule has 0 saturated carbocycles. The van der Waals surface area contributed by atoms with Gasteiger partial charge in [-0.2, -0.15) is 0 Å². The molecule has 1 atom stereocenters. The van der Waals surface area contributed by atoms with Crippen LogP contribution in [0.3, 0.4) is 0 Å². The lowest BCUT2D eigenvalue weighted by atomic mass is 9.99. The van der Waals surface area contributed by atoms with E-state index >= 15 is 0 Å². The lowest BCUT2D eigenvalue weighted by molar-refractivity contribution is -0.125. The molecule has 1 unspecified atom stereocenters. The topological polar surface area (TPSA) is 78.5 Å². The molecule has 2 fully saturated rings. The number of carbonyl (C=O) groups is 1. The Labute approximate surface area is 115 Å². The van der Waals surface area contributed by atoms with Gasteiger partial charge in [-0.05, 0) is 32.2 Å². The van der Waals surface area contributed by atoms with Gasteiger partial charge in [0.2, 0.25) is 15.9 Å². The highest BCUT2D eigenvalue weighted by Gasteiger charge is 2.26. The van der Waals surface area contributed by atoms with Crippen LogP contribution in [0.5, 0.6) is 0 Å². The van der Waals surface area contributed by atoms with Crippen LogP contribution in [0, 0.1) is 5.92 Å². The van der Waals surface area contributed by atoms with E-state index in [1.807, 2.05) is 0 Å². The van der Waals surface area contributed by atoms with Crippen molar-refractivity contribution < 1.29 is 13.2 Å². The van der Waals surface area contributed by atoms with Crippen molar-refractivity contribution in [3.05, 3.63) is 0 Å². The minimum absolute atomic E-state index is 0.0109. The standard InChI is InChI=1S/C12H23N3O3S/c16-12(11-4-3-5-13-10-11)14-6-9-19(17,18)15-7-1-2-8-15/h11,13H,1-10H2,(H,14,16). The highest BCUT2D eigenvalue weighted by molar-refractivity contribution is 7.89. The van der Waals surface area contributed by atoms with E-state index in [1.165, 1.54) is 4.31 Å². The summed E-state index contributed by atoms with van der Waals surface area (Å²) in [5, 5.41) is 5.93. The van der Waals surface area contributed by atoms with Crippen molar-refractivity contribution in [3.63, 3.8) is 0 Å². The molecule has 2 rings (SSSR count). The number of carbonyl (C=O) groups excluding carboxylic acids is 1. The molecule has 7 heteroatoms. The molecule has 0 aromatic rings. The van der Waals surface area contributed by atoms with Gasteiger partial charge in [-0.15, -0.1) is 0 Å². The Kier molecular flexibility index (Phi) is 5.18. The Morgan fingerprint density at radius 2 is 2.00 bits per heavy atom. The van der Waals surface area contributed by atoms with Crippen LogP contribution in [-0.2, 0) is 14.8 Å². The van der Waals surface area contributed by atoms with Gasteiger partial charge in [-0.3, -0.25) is 4.79 Å². The molecule has 1 amide bonds. The van der Waals surface area contributed by atoms with Crippen molar-refractivity contribution in [2.24, 2.45) is 5.92 Å². The summed E-state index contributed by atoms with van der Waals surface area (Å²) in [7, 11) is -3.18. The molecular weight excluding hydrogens is 266 g/mol. The Hall–Kier alpha value is -0.660. The van der Waals surface area contributed by atoms with Gasteiger partial charge < -0.3 is 10.6 Å². The van der Waals surface area contributed by atoms with Crippen molar-refractivity contribution >= 4 is 15.9 Å². The second-order valence-electron chi connectivity index (χ2n) is 5.26. The summed E-state index contributed by atoms with van der Waals surface area (Å²) in [6.45, 7) is 3.14. The number of hydrogen-bond donors (Lipinski definition) is 2. The summed E-state index contributed by atoms with van der Waals surface area (Å²) < 4.78 is 25.4. The summed E-state index contributed by atoms with van der Waals surface area (Å²) in [4.78, 5) is 11.8. The molecule has 2 heterocycles. The summed E-state index contributed by atoms with van der Waals surface area (Å²) in [6.07, 6.45) is 3.78. The van der Waals surface area contributed by atoms with Crippen molar-refractivity contribution in [1.29, 1.82) is 0 Å². The maximum absolute atomic E-state index is 12.0. The molecule has 2 saturated heterocycles. The fraction of sp³-hybridized carbons (Fsp3) is 0.917. The van der Waals surface area contributed by atoms with Crippen molar-refractivity contribution in [2.45, 2.75) is 25.7 Å². The van der Waals surface area contributed by atoms with E-state index in [0.717, 1.165) is 32.2 Å². The third kappa shape index (κ3) is 4.15. The first-order valence-electron chi connectivity index (χ1n) is 7.06. The largest absolute Gasteiger partial charge is 0.355 e. The van der Waals surface area contributed by atoms with Crippen LogP contribution in [-0.4, -0.2) is 57.1 Å². The molecular formula is C12H23N3O3S. The third-order valence-electron chi connectivity index (χ3n) is 3.79. The number of amides is 1. The van der Waals surface area contributed by atoms with Crippen LogP contribution in [0.2, 0.25) is 0 Å². The minimum Gasteiger partial charge on any atom is -0.355 e. The average Bonchev–Trinajstić information content (AvgIpc) is 2.94. The van der Waals surface area contributed by atoms with Gasteiger partial charge in [0, 0.05) is 26.2 Å². The minimum atomic E-state index is -3.18. The first-order valence-corrected chi connectivity index (χ1v) is 8.67. The quantitative estimate of drug-likeness (QED) is 0.717. The molecule has 0 aromatic carbocycles. The van der Waals surface area contributed by atoms with E-state index in [9.17, 15) is 13.2 Å². The maximum Gasteiger partial charge on any atom is 0.224 e. The van der Waals surface area contributed by atoms with Gasteiger partial charge in [0.05, 0.1) is 11.7 Å². The maximum atomic E-state index is 12.0. The fourth-order valence-corrected chi connectivity index (χ4v) is 4.05. The van der Waals surface area contributed by atoms with Crippen molar-refractivity contribution in [3.8, 4) is 0 Å². The number of sulfonamides is 1. The summed E-state index contributed by atoms with van der Waals surface area (Å²) >= 11 is 0. The van der Waals surface area contributed by atoms with Gasteiger partial charge in [-0.1, -0.05) is 0 Å². The predicted octanol–water partition coefficient (Wildman–Crippen LogP) is -0.472. The van der Waals surface area contributed by atoms with Crippen LogP contribution in [0.15, 0.2) is 0 Å². The van der Waals surface area contributed by atoms with Crippen molar-refractivity contribution in [1.82, 2.24) is 14.9 Å². The van der Waals surface area contributed by atoms with Gasteiger partial charge in [0.25, 0.3) is 0 Å². The number of nitrogens with zero attached hydrogens (tertiary/aromatic N) is 1. The summed E-state index contributed by atoms with van der Waals surface area (Å²) in [6, 6.07) is 0. The number of nitrogens with one attached hydrogen (secondary N) is 2. The third-order valence-corrected chi connectivity index (χ3v) is 5.66. The first kappa shape index (κ1) is 14.7. The smallest absolute Gasteiger partial charge is 0.224 e. The Morgan fingerprint density at radius 3 is 2.63 bits per heavy atom. The molecule has 110 valence electrons. The summed E-state index contributed by atoms with van der Waals surface area (Å²) in [5.41, 5.74) is 0. The van der Waals surface area contributed by atoms with Gasteiger partial charge in [-0.25, -0.2) is 12.7 Å². The lowest BCUT2D eigenvalue weighted by Gasteiger charge is -2.22. The molecule has 0 aromatic heterocycles. The van der Waals surface area contributed by atoms with Crippen LogP contribution in [0.4, 0.5) is 0 Å². The zero-order chi connectivity index (χ0) is 13.7.